The molecule has 7 heteroatoms. The van der Waals surface area contributed by atoms with E-state index >= 15 is 0 Å². The first-order valence-corrected chi connectivity index (χ1v) is 5.08. The van der Waals surface area contributed by atoms with Gasteiger partial charge >= 0.3 is 7.82 Å². The van der Waals surface area contributed by atoms with Gasteiger partial charge in [-0.25, -0.2) is 4.57 Å². The molecule has 4 nitrogen and oxygen atoms in total. The lowest BCUT2D eigenvalue weighted by molar-refractivity contribution is 0.194. The first kappa shape index (κ1) is 11.5. The summed E-state index contributed by atoms with van der Waals surface area (Å²) in [6.07, 6.45) is 1.02. The number of phosphoric ester groups is 1. The van der Waals surface area contributed by atoms with Crippen LogP contribution in [0.2, 0.25) is 0 Å². The Morgan fingerprint density at radius 2 is 2.00 bits per heavy atom. The molecule has 0 rings (SSSR count). The van der Waals surface area contributed by atoms with E-state index in [1.165, 1.54) is 14.2 Å². The van der Waals surface area contributed by atoms with Crippen LogP contribution in [0.3, 0.4) is 0 Å². The van der Waals surface area contributed by atoms with Crippen LogP contribution < -0.4 is 0 Å². The maximum absolute atomic E-state index is 11.1. The van der Waals surface area contributed by atoms with Crippen LogP contribution in [0.5, 0.6) is 0 Å². The van der Waals surface area contributed by atoms with Crippen molar-refractivity contribution in [1.29, 1.82) is 0 Å². The van der Waals surface area contributed by atoms with Gasteiger partial charge in [0.25, 0.3) is 0 Å². The van der Waals surface area contributed by atoms with Crippen molar-refractivity contribution >= 4 is 35.4 Å². The molecule has 0 saturated carbocycles. The van der Waals surface area contributed by atoms with Crippen molar-refractivity contribution in [2.24, 2.45) is 0 Å². The van der Waals surface area contributed by atoms with Crippen molar-refractivity contribution in [1.82, 2.24) is 0 Å². The zero-order chi connectivity index (χ0) is 8.91. The Labute approximate surface area is 78.2 Å². The summed E-state index contributed by atoms with van der Waals surface area (Å²) in [5, 5.41) is 0. The van der Waals surface area contributed by atoms with Gasteiger partial charge in [-0.3, -0.25) is 9.05 Å². The molecule has 0 aliphatic carbocycles. The Balaban J connectivity index is 4.10. The maximum Gasteiger partial charge on any atom is 0.529 e. The van der Waals surface area contributed by atoms with Gasteiger partial charge < -0.3 is 4.52 Å². The molecular formula is C4H7BrClO4P. The zero-order valence-electron chi connectivity index (χ0n) is 5.91. The van der Waals surface area contributed by atoms with Gasteiger partial charge in [0, 0.05) is 14.2 Å². The standard InChI is InChI=1S/C4H7BrClO4P/c1-8-11(7,9-2)10-3-4(5)6/h3H,1-2H3/b4-3+. The smallest absolute Gasteiger partial charge is 0.410 e. The van der Waals surface area contributed by atoms with Gasteiger partial charge in [0.05, 0.1) is 0 Å². The third-order valence-corrected chi connectivity index (χ3v) is 2.25. The highest BCUT2D eigenvalue weighted by molar-refractivity contribution is 9.12. The average molecular weight is 265 g/mol. The van der Waals surface area contributed by atoms with Gasteiger partial charge in [-0.15, -0.1) is 0 Å². The predicted molar refractivity (Wildman–Crippen MR) is 45.6 cm³/mol. The van der Waals surface area contributed by atoms with Crippen molar-refractivity contribution in [3.8, 4) is 0 Å². The van der Waals surface area contributed by atoms with Crippen LogP contribution in [0.15, 0.2) is 10.2 Å². The Hall–Kier alpha value is 0.460. The molecule has 66 valence electrons. The molecule has 0 heterocycles. The van der Waals surface area contributed by atoms with E-state index in [2.05, 4.69) is 29.5 Å². The minimum Gasteiger partial charge on any atom is -0.410 e. The molecule has 0 aromatic heterocycles. The quantitative estimate of drug-likeness (QED) is 0.579. The molecular weight excluding hydrogens is 258 g/mol. The van der Waals surface area contributed by atoms with E-state index in [0.29, 0.717) is 0 Å². The molecule has 0 unspecified atom stereocenters. The number of hydrogen-bond acceptors (Lipinski definition) is 4. The summed E-state index contributed by atoms with van der Waals surface area (Å²) in [7, 11) is -1.01. The summed E-state index contributed by atoms with van der Waals surface area (Å²) < 4.78 is 24.6. The van der Waals surface area contributed by atoms with Crippen molar-refractivity contribution < 1.29 is 18.1 Å². The summed E-state index contributed by atoms with van der Waals surface area (Å²) in [6.45, 7) is 0. The van der Waals surface area contributed by atoms with Crippen LogP contribution in [-0.4, -0.2) is 14.2 Å². The number of hydrogen-bond donors (Lipinski definition) is 0. The van der Waals surface area contributed by atoms with Crippen LogP contribution in [0.4, 0.5) is 0 Å². The lowest BCUT2D eigenvalue weighted by atomic mass is 11.2. The predicted octanol–water partition coefficient (Wildman–Crippen LogP) is 2.84. The van der Waals surface area contributed by atoms with E-state index in [9.17, 15) is 4.57 Å². The molecule has 0 fully saturated rings. The molecule has 0 aromatic rings. The second-order valence-electron chi connectivity index (χ2n) is 1.33. The fourth-order valence-corrected chi connectivity index (χ4v) is 1.17. The first-order chi connectivity index (χ1) is 5.04. The maximum atomic E-state index is 11.1. The van der Waals surface area contributed by atoms with Gasteiger partial charge in [0.2, 0.25) is 0 Å². The van der Waals surface area contributed by atoms with E-state index in [-0.39, 0.29) is 3.94 Å². The summed E-state index contributed by atoms with van der Waals surface area (Å²) >= 11 is 8.17. The summed E-state index contributed by atoms with van der Waals surface area (Å²) in [4.78, 5) is 0. The molecule has 0 atom stereocenters. The highest BCUT2D eigenvalue weighted by Crippen LogP contribution is 2.48. The topological polar surface area (TPSA) is 44.8 Å². The summed E-state index contributed by atoms with van der Waals surface area (Å²) in [6, 6.07) is 0. The van der Waals surface area contributed by atoms with E-state index in [0.717, 1.165) is 6.26 Å². The Kier molecular flexibility index (Phi) is 5.38. The molecule has 0 spiro atoms. The molecule has 0 radical (unpaired) electrons. The third kappa shape index (κ3) is 4.82. The average Bonchev–Trinajstić information content (AvgIpc) is 2.00. The monoisotopic (exact) mass is 264 g/mol. The number of rotatable bonds is 4. The van der Waals surface area contributed by atoms with E-state index in [1.54, 1.807) is 0 Å². The van der Waals surface area contributed by atoms with Gasteiger partial charge in [0.1, 0.15) is 10.2 Å². The Bertz CT molecular complexity index is 183. The minimum absolute atomic E-state index is 0.173. The molecule has 0 amide bonds. The fraction of sp³-hybridized carbons (Fsp3) is 0.500. The number of halogens is 2. The van der Waals surface area contributed by atoms with Gasteiger partial charge in [-0.05, 0) is 15.9 Å². The molecule has 0 saturated heterocycles. The van der Waals surface area contributed by atoms with E-state index in [1.807, 2.05) is 0 Å². The highest BCUT2D eigenvalue weighted by atomic mass is 79.9. The van der Waals surface area contributed by atoms with Crippen LogP contribution in [-0.2, 0) is 18.1 Å². The van der Waals surface area contributed by atoms with Crippen molar-refractivity contribution in [2.45, 2.75) is 0 Å². The first-order valence-electron chi connectivity index (χ1n) is 2.45. The zero-order valence-corrected chi connectivity index (χ0v) is 9.15. The Morgan fingerprint density at radius 3 is 2.27 bits per heavy atom. The van der Waals surface area contributed by atoms with Gasteiger partial charge in [-0.2, -0.15) is 0 Å². The van der Waals surface area contributed by atoms with E-state index in [4.69, 9.17) is 11.6 Å². The second-order valence-corrected chi connectivity index (χ2v) is 4.88. The lowest BCUT2D eigenvalue weighted by Gasteiger charge is -2.10. The normalized spacial score (nSPS) is 13.3. The lowest BCUT2D eigenvalue weighted by Crippen LogP contribution is -1.88. The summed E-state index contributed by atoms with van der Waals surface area (Å²) in [5.74, 6) is 0. The van der Waals surface area contributed by atoms with Gasteiger partial charge in [0.15, 0.2) is 0 Å². The molecule has 11 heavy (non-hydrogen) atoms. The van der Waals surface area contributed by atoms with Crippen LogP contribution >= 0.6 is 35.4 Å². The third-order valence-electron chi connectivity index (χ3n) is 0.718. The van der Waals surface area contributed by atoms with Crippen molar-refractivity contribution in [3.05, 3.63) is 10.2 Å². The largest absolute Gasteiger partial charge is 0.529 e. The van der Waals surface area contributed by atoms with Crippen LogP contribution in [0.25, 0.3) is 0 Å². The van der Waals surface area contributed by atoms with Crippen LogP contribution in [0, 0.1) is 0 Å². The molecule has 0 aromatic carbocycles. The molecule has 0 N–H and O–H groups in total. The number of phosphoric acid groups is 1. The fourth-order valence-electron chi connectivity index (χ4n) is 0.265. The Morgan fingerprint density at radius 1 is 1.55 bits per heavy atom. The van der Waals surface area contributed by atoms with E-state index < -0.39 is 7.82 Å². The summed E-state index contributed by atoms with van der Waals surface area (Å²) in [5.41, 5.74) is 0. The SMILES string of the molecule is COP(=O)(OC)O/C=C(/Cl)Br. The molecule has 0 aliphatic rings. The highest BCUT2D eigenvalue weighted by Gasteiger charge is 2.22. The molecule has 0 bridgehead atoms. The van der Waals surface area contributed by atoms with Crippen molar-refractivity contribution in [2.75, 3.05) is 14.2 Å². The minimum atomic E-state index is -3.43. The van der Waals surface area contributed by atoms with Gasteiger partial charge in [-0.1, -0.05) is 11.6 Å². The van der Waals surface area contributed by atoms with Crippen LogP contribution in [0.1, 0.15) is 0 Å². The molecule has 0 aliphatic heterocycles. The second kappa shape index (κ2) is 5.17. The van der Waals surface area contributed by atoms with Crippen molar-refractivity contribution in [3.63, 3.8) is 0 Å².